The predicted molar refractivity (Wildman–Crippen MR) is 95.0 cm³/mol. The minimum absolute atomic E-state index is 0. The summed E-state index contributed by atoms with van der Waals surface area (Å²) in [5, 5.41) is 5.91. The molecule has 8 heteroatoms. The summed E-state index contributed by atoms with van der Waals surface area (Å²) in [5.74, 6) is -0.143. The number of sulfonamides is 1. The SMILES string of the molecule is CNC(C)CNC(=O)c1ccc2c(c1)CC(C)N2S(C)(=O)=O.Cl. The molecule has 0 radical (unpaired) electrons. The molecule has 0 saturated carbocycles. The van der Waals surface area contributed by atoms with E-state index in [1.807, 2.05) is 20.9 Å². The van der Waals surface area contributed by atoms with Gasteiger partial charge in [0.2, 0.25) is 10.0 Å². The third kappa shape index (κ3) is 4.37. The number of carbonyl (C=O) groups is 1. The second-order valence-corrected chi connectivity index (χ2v) is 7.71. The quantitative estimate of drug-likeness (QED) is 0.824. The molecule has 0 saturated heterocycles. The van der Waals surface area contributed by atoms with E-state index in [9.17, 15) is 13.2 Å². The van der Waals surface area contributed by atoms with E-state index in [0.717, 1.165) is 5.56 Å². The first-order valence-corrected chi connectivity index (χ1v) is 9.16. The fourth-order valence-corrected chi connectivity index (χ4v) is 3.96. The Labute approximate surface area is 144 Å². The van der Waals surface area contributed by atoms with E-state index in [-0.39, 0.29) is 30.4 Å². The van der Waals surface area contributed by atoms with Crippen molar-refractivity contribution in [3.63, 3.8) is 0 Å². The van der Waals surface area contributed by atoms with Crippen LogP contribution in [-0.4, -0.2) is 46.3 Å². The van der Waals surface area contributed by atoms with Gasteiger partial charge in [-0.05, 0) is 51.1 Å². The molecule has 23 heavy (non-hydrogen) atoms. The lowest BCUT2D eigenvalue weighted by Crippen LogP contribution is -2.37. The van der Waals surface area contributed by atoms with Crippen molar-refractivity contribution < 1.29 is 13.2 Å². The van der Waals surface area contributed by atoms with Gasteiger partial charge in [0.25, 0.3) is 5.91 Å². The first-order chi connectivity index (χ1) is 10.2. The van der Waals surface area contributed by atoms with Crippen LogP contribution in [0.3, 0.4) is 0 Å². The lowest BCUT2D eigenvalue weighted by Gasteiger charge is -2.22. The van der Waals surface area contributed by atoms with Crippen LogP contribution >= 0.6 is 12.4 Å². The van der Waals surface area contributed by atoms with E-state index in [1.165, 1.54) is 10.6 Å². The number of halogens is 1. The number of anilines is 1. The number of fused-ring (bicyclic) bond motifs is 1. The van der Waals surface area contributed by atoms with E-state index < -0.39 is 10.0 Å². The molecule has 1 aliphatic heterocycles. The van der Waals surface area contributed by atoms with Gasteiger partial charge in [-0.2, -0.15) is 0 Å². The summed E-state index contributed by atoms with van der Waals surface area (Å²) in [5.41, 5.74) is 2.13. The number of carbonyl (C=O) groups excluding carboxylic acids is 1. The molecule has 0 aliphatic carbocycles. The molecule has 0 fully saturated rings. The van der Waals surface area contributed by atoms with Crippen LogP contribution in [0.2, 0.25) is 0 Å². The molecule has 0 spiro atoms. The highest BCUT2D eigenvalue weighted by Crippen LogP contribution is 2.34. The third-order valence-electron chi connectivity index (χ3n) is 3.91. The number of nitrogens with one attached hydrogen (secondary N) is 2. The minimum Gasteiger partial charge on any atom is -0.350 e. The minimum atomic E-state index is -3.30. The van der Waals surface area contributed by atoms with Crippen LogP contribution < -0.4 is 14.9 Å². The fraction of sp³-hybridized carbons (Fsp3) is 0.533. The summed E-state index contributed by atoms with van der Waals surface area (Å²) in [4.78, 5) is 12.2. The Kier molecular flexibility index (Phi) is 6.44. The largest absolute Gasteiger partial charge is 0.350 e. The molecule has 1 amide bonds. The maximum absolute atomic E-state index is 12.2. The van der Waals surface area contributed by atoms with Gasteiger partial charge in [0, 0.05) is 24.2 Å². The van der Waals surface area contributed by atoms with E-state index >= 15 is 0 Å². The van der Waals surface area contributed by atoms with Crippen molar-refractivity contribution in [3.05, 3.63) is 29.3 Å². The molecule has 2 atom stereocenters. The molecule has 0 bridgehead atoms. The molecule has 130 valence electrons. The van der Waals surface area contributed by atoms with Gasteiger partial charge in [0.15, 0.2) is 0 Å². The van der Waals surface area contributed by atoms with Crippen LogP contribution in [0.25, 0.3) is 0 Å². The maximum atomic E-state index is 12.2. The highest BCUT2D eigenvalue weighted by molar-refractivity contribution is 7.92. The summed E-state index contributed by atoms with van der Waals surface area (Å²) in [6.45, 7) is 4.39. The normalized spacial score (nSPS) is 18.1. The van der Waals surface area contributed by atoms with E-state index in [4.69, 9.17) is 0 Å². The van der Waals surface area contributed by atoms with Crippen molar-refractivity contribution in [2.24, 2.45) is 0 Å². The zero-order valence-corrected chi connectivity index (χ0v) is 15.4. The highest BCUT2D eigenvalue weighted by Gasteiger charge is 2.32. The Morgan fingerprint density at radius 3 is 2.65 bits per heavy atom. The number of amides is 1. The van der Waals surface area contributed by atoms with Crippen LogP contribution in [0.5, 0.6) is 0 Å². The second kappa shape index (κ2) is 7.51. The van der Waals surface area contributed by atoms with Gasteiger partial charge in [0.05, 0.1) is 11.9 Å². The first-order valence-electron chi connectivity index (χ1n) is 7.32. The highest BCUT2D eigenvalue weighted by atomic mass is 35.5. The smallest absolute Gasteiger partial charge is 0.251 e. The molecule has 1 aromatic carbocycles. The van der Waals surface area contributed by atoms with Crippen molar-refractivity contribution in [2.75, 3.05) is 24.2 Å². The van der Waals surface area contributed by atoms with Crippen molar-refractivity contribution in [2.45, 2.75) is 32.4 Å². The number of rotatable bonds is 5. The number of hydrogen-bond donors (Lipinski definition) is 2. The van der Waals surface area contributed by atoms with Crippen LogP contribution in [0.1, 0.15) is 29.8 Å². The number of benzene rings is 1. The Balaban J connectivity index is 0.00000264. The van der Waals surface area contributed by atoms with Crippen molar-refractivity contribution in [3.8, 4) is 0 Å². The van der Waals surface area contributed by atoms with Crippen LogP contribution in [0.15, 0.2) is 18.2 Å². The fourth-order valence-electron chi connectivity index (χ4n) is 2.70. The van der Waals surface area contributed by atoms with Gasteiger partial charge in [0.1, 0.15) is 0 Å². The van der Waals surface area contributed by atoms with Gasteiger partial charge < -0.3 is 10.6 Å². The predicted octanol–water partition coefficient (Wildman–Crippen LogP) is 1.16. The average molecular weight is 362 g/mol. The standard InChI is InChI=1S/C15H23N3O3S.ClH/c1-10(16-3)9-17-15(19)12-5-6-14-13(8-12)7-11(2)18(14)22(4,20)21;/h5-6,8,10-11,16H,7,9H2,1-4H3,(H,17,19);1H. The van der Waals surface area contributed by atoms with E-state index in [0.29, 0.717) is 24.2 Å². The molecule has 2 rings (SSSR count). The topological polar surface area (TPSA) is 78.5 Å². The molecular weight excluding hydrogens is 338 g/mol. The molecule has 2 unspecified atom stereocenters. The Hall–Kier alpha value is -1.31. The van der Waals surface area contributed by atoms with Crippen molar-refractivity contribution in [1.82, 2.24) is 10.6 Å². The lowest BCUT2D eigenvalue weighted by atomic mass is 10.1. The zero-order valence-electron chi connectivity index (χ0n) is 13.8. The van der Waals surface area contributed by atoms with Gasteiger partial charge in [-0.15, -0.1) is 12.4 Å². The number of likely N-dealkylation sites (N-methyl/N-ethyl adjacent to an activating group) is 1. The van der Waals surface area contributed by atoms with E-state index in [1.54, 1.807) is 18.2 Å². The summed E-state index contributed by atoms with van der Waals surface area (Å²) in [6.07, 6.45) is 1.83. The monoisotopic (exact) mass is 361 g/mol. The molecule has 2 N–H and O–H groups in total. The lowest BCUT2D eigenvalue weighted by molar-refractivity contribution is 0.0950. The van der Waals surface area contributed by atoms with Crippen molar-refractivity contribution >= 4 is 34.0 Å². The zero-order chi connectivity index (χ0) is 16.5. The Morgan fingerprint density at radius 1 is 1.43 bits per heavy atom. The maximum Gasteiger partial charge on any atom is 0.251 e. The molecule has 1 heterocycles. The van der Waals surface area contributed by atoms with E-state index in [2.05, 4.69) is 10.6 Å². The van der Waals surface area contributed by atoms with Gasteiger partial charge >= 0.3 is 0 Å². The molecule has 6 nitrogen and oxygen atoms in total. The first kappa shape index (κ1) is 19.7. The van der Waals surface area contributed by atoms with Crippen LogP contribution in [-0.2, 0) is 16.4 Å². The molecule has 1 aliphatic rings. The summed E-state index contributed by atoms with van der Waals surface area (Å²) in [7, 11) is -1.46. The van der Waals surface area contributed by atoms with Gasteiger partial charge in [-0.3, -0.25) is 9.10 Å². The summed E-state index contributed by atoms with van der Waals surface area (Å²) < 4.78 is 25.2. The molecule has 1 aromatic rings. The summed E-state index contributed by atoms with van der Waals surface area (Å²) >= 11 is 0. The van der Waals surface area contributed by atoms with Crippen molar-refractivity contribution in [1.29, 1.82) is 0 Å². The second-order valence-electron chi connectivity index (χ2n) is 5.86. The van der Waals surface area contributed by atoms with Gasteiger partial charge in [-0.25, -0.2) is 8.42 Å². The van der Waals surface area contributed by atoms with Crippen LogP contribution in [0, 0.1) is 0 Å². The Bertz CT molecular complexity index is 679. The number of hydrogen-bond acceptors (Lipinski definition) is 4. The van der Waals surface area contributed by atoms with Crippen LogP contribution in [0.4, 0.5) is 5.69 Å². The Morgan fingerprint density at radius 2 is 2.09 bits per heavy atom. The summed E-state index contributed by atoms with van der Waals surface area (Å²) in [6, 6.07) is 5.26. The third-order valence-corrected chi connectivity index (χ3v) is 5.18. The van der Waals surface area contributed by atoms with Gasteiger partial charge in [-0.1, -0.05) is 0 Å². The molecular formula is C15H24ClN3O3S. The average Bonchev–Trinajstić information content (AvgIpc) is 2.78. The molecule has 0 aromatic heterocycles. The number of nitrogens with zero attached hydrogens (tertiary/aromatic N) is 1.